The molecule has 5 heteroatoms. The third-order valence-electron chi connectivity index (χ3n) is 2.92. The van der Waals surface area contributed by atoms with Crippen molar-refractivity contribution in [3.8, 4) is 0 Å². The molecule has 0 aromatic carbocycles. The molecule has 15 heavy (non-hydrogen) atoms. The first-order valence-electron chi connectivity index (χ1n) is 5.54. The van der Waals surface area contributed by atoms with Crippen molar-refractivity contribution in [1.82, 2.24) is 4.90 Å². The topological polar surface area (TPSA) is 92.6 Å². The predicted octanol–water partition coefficient (Wildman–Crippen LogP) is -0.964. The second kappa shape index (κ2) is 6.05. The Balaban J connectivity index is 2.47. The number of carbonyl (C=O) groups excluding carboxylic acids is 1. The van der Waals surface area contributed by atoms with E-state index in [9.17, 15) is 9.90 Å². The number of amides is 1. The van der Waals surface area contributed by atoms with E-state index in [0.29, 0.717) is 12.6 Å². The molecule has 0 heterocycles. The van der Waals surface area contributed by atoms with Crippen molar-refractivity contribution in [2.75, 3.05) is 19.6 Å². The molecule has 88 valence electrons. The summed E-state index contributed by atoms with van der Waals surface area (Å²) in [5, 5.41) is 9.48. The fourth-order valence-electron chi connectivity index (χ4n) is 2.16. The van der Waals surface area contributed by atoms with Gasteiger partial charge in [-0.25, -0.2) is 0 Å². The zero-order valence-corrected chi connectivity index (χ0v) is 9.06. The summed E-state index contributed by atoms with van der Waals surface area (Å²) < 4.78 is 0. The highest BCUT2D eigenvalue weighted by Gasteiger charge is 2.24. The van der Waals surface area contributed by atoms with Crippen molar-refractivity contribution in [3.05, 3.63) is 0 Å². The number of aliphatic hydroxyl groups is 1. The number of hydrogen-bond donors (Lipinski definition) is 3. The second-order valence-electron chi connectivity index (χ2n) is 4.22. The van der Waals surface area contributed by atoms with Crippen LogP contribution in [-0.2, 0) is 4.79 Å². The lowest BCUT2D eigenvalue weighted by molar-refractivity contribution is -0.120. The fraction of sp³-hybridized carbons (Fsp3) is 0.900. The molecule has 5 N–H and O–H groups in total. The molecule has 0 aliphatic heterocycles. The van der Waals surface area contributed by atoms with Gasteiger partial charge in [0, 0.05) is 19.1 Å². The number of aliphatic hydroxyl groups excluding tert-OH is 1. The number of rotatable bonds is 6. The van der Waals surface area contributed by atoms with Crippen molar-refractivity contribution in [2.45, 2.75) is 37.8 Å². The van der Waals surface area contributed by atoms with Crippen molar-refractivity contribution < 1.29 is 9.90 Å². The summed E-state index contributed by atoms with van der Waals surface area (Å²) in [4.78, 5) is 12.9. The Bertz CT molecular complexity index is 205. The molecule has 0 saturated heterocycles. The second-order valence-corrected chi connectivity index (χ2v) is 4.22. The summed E-state index contributed by atoms with van der Waals surface area (Å²) in [7, 11) is 0. The van der Waals surface area contributed by atoms with Gasteiger partial charge in [0.2, 0.25) is 5.91 Å². The van der Waals surface area contributed by atoms with E-state index in [-0.39, 0.29) is 19.0 Å². The zero-order valence-electron chi connectivity index (χ0n) is 9.06. The van der Waals surface area contributed by atoms with Crippen LogP contribution in [0.15, 0.2) is 0 Å². The Kier molecular flexibility index (Phi) is 5.01. The Morgan fingerprint density at radius 3 is 2.53 bits per heavy atom. The third-order valence-corrected chi connectivity index (χ3v) is 2.92. The van der Waals surface area contributed by atoms with Gasteiger partial charge in [0.25, 0.3) is 0 Å². The Hall–Kier alpha value is -0.650. The van der Waals surface area contributed by atoms with Crippen molar-refractivity contribution in [3.63, 3.8) is 0 Å². The van der Waals surface area contributed by atoms with Gasteiger partial charge in [-0.15, -0.1) is 0 Å². The van der Waals surface area contributed by atoms with E-state index in [1.54, 1.807) is 0 Å². The standard InChI is InChI=1S/C10H21N3O2/c11-5-9(14)6-13(7-10(12)15)8-3-1-2-4-8/h8-9,14H,1-7,11H2,(H2,12,15). The lowest BCUT2D eigenvalue weighted by Gasteiger charge is -2.29. The average Bonchev–Trinajstić information content (AvgIpc) is 2.68. The molecule has 0 spiro atoms. The smallest absolute Gasteiger partial charge is 0.231 e. The van der Waals surface area contributed by atoms with E-state index < -0.39 is 6.10 Å². The maximum atomic E-state index is 10.9. The van der Waals surface area contributed by atoms with Crippen LogP contribution in [0.25, 0.3) is 0 Å². The quantitative estimate of drug-likeness (QED) is 0.532. The van der Waals surface area contributed by atoms with E-state index in [2.05, 4.69) is 0 Å². The molecule has 1 saturated carbocycles. The van der Waals surface area contributed by atoms with Gasteiger partial charge in [-0.05, 0) is 12.8 Å². The first kappa shape index (κ1) is 12.4. The minimum atomic E-state index is -0.565. The number of primary amides is 1. The molecule has 0 bridgehead atoms. The highest BCUT2D eigenvalue weighted by Crippen LogP contribution is 2.23. The number of hydrogen-bond acceptors (Lipinski definition) is 4. The van der Waals surface area contributed by atoms with Gasteiger partial charge in [0.1, 0.15) is 0 Å². The minimum Gasteiger partial charge on any atom is -0.390 e. The van der Waals surface area contributed by atoms with E-state index in [4.69, 9.17) is 11.5 Å². The van der Waals surface area contributed by atoms with Gasteiger partial charge in [0.15, 0.2) is 0 Å². The lowest BCUT2D eigenvalue weighted by atomic mass is 10.2. The highest BCUT2D eigenvalue weighted by atomic mass is 16.3. The highest BCUT2D eigenvalue weighted by molar-refractivity contribution is 5.75. The molecule has 1 unspecified atom stereocenters. The lowest BCUT2D eigenvalue weighted by Crippen LogP contribution is -2.45. The molecular weight excluding hydrogens is 194 g/mol. The maximum absolute atomic E-state index is 10.9. The normalized spacial score (nSPS) is 19.7. The fourth-order valence-corrected chi connectivity index (χ4v) is 2.16. The average molecular weight is 215 g/mol. The largest absolute Gasteiger partial charge is 0.390 e. The molecule has 1 atom stereocenters. The van der Waals surface area contributed by atoms with Gasteiger partial charge < -0.3 is 16.6 Å². The monoisotopic (exact) mass is 215 g/mol. The number of nitrogens with two attached hydrogens (primary N) is 2. The minimum absolute atomic E-state index is 0.224. The molecule has 5 nitrogen and oxygen atoms in total. The van der Waals surface area contributed by atoms with Crippen LogP contribution in [0.2, 0.25) is 0 Å². The van der Waals surface area contributed by atoms with Crippen LogP contribution in [0.5, 0.6) is 0 Å². The van der Waals surface area contributed by atoms with Crippen molar-refractivity contribution >= 4 is 5.91 Å². The van der Waals surface area contributed by atoms with Crippen molar-refractivity contribution in [2.24, 2.45) is 11.5 Å². The third kappa shape index (κ3) is 4.15. The summed E-state index contributed by atoms with van der Waals surface area (Å²) in [5.41, 5.74) is 10.5. The van der Waals surface area contributed by atoms with E-state index >= 15 is 0 Å². The van der Waals surface area contributed by atoms with E-state index in [1.165, 1.54) is 12.8 Å². The van der Waals surface area contributed by atoms with Crippen LogP contribution in [0.4, 0.5) is 0 Å². The summed E-state index contributed by atoms with van der Waals surface area (Å²) in [5.74, 6) is -0.342. The summed E-state index contributed by atoms with van der Waals surface area (Å²) in [6.45, 7) is 0.897. The summed E-state index contributed by atoms with van der Waals surface area (Å²) in [6, 6.07) is 0.388. The van der Waals surface area contributed by atoms with Crippen LogP contribution in [0.1, 0.15) is 25.7 Å². The van der Waals surface area contributed by atoms with Crippen LogP contribution >= 0.6 is 0 Å². The molecule has 1 aliphatic carbocycles. The van der Waals surface area contributed by atoms with Gasteiger partial charge >= 0.3 is 0 Å². The first-order chi connectivity index (χ1) is 7.13. The van der Waals surface area contributed by atoms with Crippen LogP contribution in [0.3, 0.4) is 0 Å². The van der Waals surface area contributed by atoms with E-state index in [0.717, 1.165) is 12.8 Å². The van der Waals surface area contributed by atoms with E-state index in [1.807, 2.05) is 4.90 Å². The molecule has 0 aromatic rings. The van der Waals surface area contributed by atoms with Crippen LogP contribution < -0.4 is 11.5 Å². The van der Waals surface area contributed by atoms with Crippen LogP contribution in [0, 0.1) is 0 Å². The molecule has 1 rings (SSSR count). The summed E-state index contributed by atoms with van der Waals surface area (Å²) in [6.07, 6.45) is 4.00. The maximum Gasteiger partial charge on any atom is 0.231 e. The predicted molar refractivity (Wildman–Crippen MR) is 58.1 cm³/mol. The Morgan fingerprint density at radius 1 is 1.47 bits per heavy atom. The summed E-state index contributed by atoms with van der Waals surface area (Å²) >= 11 is 0. The van der Waals surface area contributed by atoms with Gasteiger partial charge in [-0.3, -0.25) is 9.69 Å². The molecule has 1 aliphatic rings. The first-order valence-corrected chi connectivity index (χ1v) is 5.54. The van der Waals surface area contributed by atoms with Crippen molar-refractivity contribution in [1.29, 1.82) is 0 Å². The molecule has 0 radical (unpaired) electrons. The molecular formula is C10H21N3O2. The SMILES string of the molecule is NCC(O)CN(CC(N)=O)C1CCCC1. The van der Waals surface area contributed by atoms with Crippen LogP contribution in [-0.4, -0.2) is 47.7 Å². The zero-order chi connectivity index (χ0) is 11.3. The Morgan fingerprint density at radius 2 is 2.07 bits per heavy atom. The van der Waals surface area contributed by atoms with Gasteiger partial charge in [0.05, 0.1) is 12.6 Å². The van der Waals surface area contributed by atoms with Gasteiger partial charge in [-0.1, -0.05) is 12.8 Å². The number of carbonyl (C=O) groups is 1. The number of nitrogens with zero attached hydrogens (tertiary/aromatic N) is 1. The molecule has 0 aromatic heterocycles. The Labute approximate surface area is 90.4 Å². The van der Waals surface area contributed by atoms with Gasteiger partial charge in [-0.2, -0.15) is 0 Å². The molecule has 1 amide bonds. The molecule has 1 fully saturated rings.